The molecular weight excluding hydrogens is 374 g/mol. The van der Waals surface area contributed by atoms with Gasteiger partial charge in [0.25, 0.3) is 15.9 Å². The fourth-order valence-electron chi connectivity index (χ4n) is 3.90. The standard InChI is InChI=1S/C21H25N3O3S/c25-21(24(19-8-9-19)18-4-2-1-3-5-18)16-6-10-20(11-7-16)28(26,27)23-17-12-14-22-15-13-17/h6-7,10-15,18-19H,1-5,8-9H2,(H,22,23). The zero-order chi connectivity index (χ0) is 19.6. The molecule has 1 aromatic carbocycles. The Morgan fingerprint density at radius 3 is 2.11 bits per heavy atom. The second kappa shape index (κ2) is 7.91. The fraction of sp³-hybridized carbons (Fsp3) is 0.429. The van der Waals surface area contributed by atoms with Gasteiger partial charge in [0.05, 0.1) is 10.6 Å². The highest BCUT2D eigenvalue weighted by atomic mass is 32.2. The van der Waals surface area contributed by atoms with Crippen molar-refractivity contribution in [3.63, 3.8) is 0 Å². The van der Waals surface area contributed by atoms with Crippen molar-refractivity contribution in [1.29, 1.82) is 0 Å². The van der Waals surface area contributed by atoms with Crippen LogP contribution >= 0.6 is 0 Å². The molecule has 0 atom stereocenters. The number of nitrogens with zero attached hydrogens (tertiary/aromatic N) is 2. The second-order valence-electron chi connectivity index (χ2n) is 7.60. The highest BCUT2D eigenvalue weighted by Gasteiger charge is 2.38. The molecule has 2 aliphatic rings. The molecule has 0 spiro atoms. The van der Waals surface area contributed by atoms with Crippen LogP contribution in [0.3, 0.4) is 0 Å². The van der Waals surface area contributed by atoms with E-state index in [1.54, 1.807) is 24.3 Å². The number of benzene rings is 1. The number of hydrogen-bond donors (Lipinski definition) is 1. The summed E-state index contributed by atoms with van der Waals surface area (Å²) < 4.78 is 27.6. The van der Waals surface area contributed by atoms with Crippen molar-refractivity contribution in [3.8, 4) is 0 Å². The first-order valence-electron chi connectivity index (χ1n) is 9.90. The Morgan fingerprint density at radius 1 is 0.893 bits per heavy atom. The van der Waals surface area contributed by atoms with E-state index in [1.807, 2.05) is 0 Å². The maximum atomic E-state index is 13.1. The molecule has 4 rings (SSSR count). The number of sulfonamides is 1. The number of pyridine rings is 1. The maximum absolute atomic E-state index is 13.1. The van der Waals surface area contributed by atoms with Crippen LogP contribution in [0.25, 0.3) is 0 Å². The van der Waals surface area contributed by atoms with Gasteiger partial charge in [-0.05, 0) is 62.1 Å². The summed E-state index contributed by atoms with van der Waals surface area (Å²) in [5.41, 5.74) is 1.01. The Labute approximate surface area is 166 Å². The predicted molar refractivity (Wildman–Crippen MR) is 108 cm³/mol. The van der Waals surface area contributed by atoms with Crippen molar-refractivity contribution in [2.24, 2.45) is 0 Å². The van der Waals surface area contributed by atoms with Gasteiger partial charge < -0.3 is 4.90 Å². The van der Waals surface area contributed by atoms with Crippen LogP contribution in [-0.4, -0.2) is 36.3 Å². The average molecular weight is 400 g/mol. The zero-order valence-electron chi connectivity index (χ0n) is 15.8. The Kier molecular flexibility index (Phi) is 5.35. The summed E-state index contributed by atoms with van der Waals surface area (Å²) in [7, 11) is -3.70. The summed E-state index contributed by atoms with van der Waals surface area (Å²) in [6, 6.07) is 10.1. The van der Waals surface area contributed by atoms with Gasteiger partial charge in [-0.15, -0.1) is 0 Å². The predicted octanol–water partition coefficient (Wildman–Crippen LogP) is 3.82. The third kappa shape index (κ3) is 4.19. The number of anilines is 1. The summed E-state index contributed by atoms with van der Waals surface area (Å²) in [5.74, 6) is 0.0282. The van der Waals surface area contributed by atoms with Gasteiger partial charge in [0.1, 0.15) is 0 Å². The van der Waals surface area contributed by atoms with E-state index >= 15 is 0 Å². The van der Waals surface area contributed by atoms with Gasteiger partial charge in [0.15, 0.2) is 0 Å². The lowest BCUT2D eigenvalue weighted by atomic mass is 9.93. The average Bonchev–Trinajstić information content (AvgIpc) is 3.54. The van der Waals surface area contributed by atoms with Crippen LogP contribution in [-0.2, 0) is 10.0 Å². The summed E-state index contributed by atoms with van der Waals surface area (Å²) in [5, 5.41) is 0. The van der Waals surface area contributed by atoms with Crippen molar-refractivity contribution in [2.75, 3.05) is 4.72 Å². The lowest BCUT2D eigenvalue weighted by Crippen LogP contribution is -2.43. The Balaban J connectivity index is 1.51. The lowest BCUT2D eigenvalue weighted by molar-refractivity contribution is 0.0614. The van der Waals surface area contributed by atoms with Crippen LogP contribution < -0.4 is 4.72 Å². The molecule has 6 nitrogen and oxygen atoms in total. The molecule has 0 unspecified atom stereocenters. The zero-order valence-corrected chi connectivity index (χ0v) is 16.6. The first-order chi connectivity index (χ1) is 13.5. The number of amides is 1. The molecule has 2 saturated carbocycles. The molecule has 0 aliphatic heterocycles. The normalized spacial score (nSPS) is 17.9. The van der Waals surface area contributed by atoms with Gasteiger partial charge in [-0.25, -0.2) is 8.42 Å². The van der Waals surface area contributed by atoms with Crippen LogP contribution in [0.15, 0.2) is 53.7 Å². The van der Waals surface area contributed by atoms with Gasteiger partial charge in [-0.3, -0.25) is 14.5 Å². The van der Waals surface area contributed by atoms with Crippen LogP contribution in [0, 0.1) is 0 Å². The molecule has 1 N–H and O–H groups in total. The van der Waals surface area contributed by atoms with E-state index in [1.165, 1.54) is 43.8 Å². The monoisotopic (exact) mass is 399 g/mol. The molecule has 1 aromatic heterocycles. The van der Waals surface area contributed by atoms with Gasteiger partial charge in [0.2, 0.25) is 0 Å². The van der Waals surface area contributed by atoms with E-state index in [0.717, 1.165) is 25.7 Å². The molecular formula is C21H25N3O3S. The van der Waals surface area contributed by atoms with Gasteiger partial charge >= 0.3 is 0 Å². The number of nitrogens with one attached hydrogen (secondary N) is 1. The van der Waals surface area contributed by atoms with E-state index in [9.17, 15) is 13.2 Å². The summed E-state index contributed by atoms with van der Waals surface area (Å²) >= 11 is 0. The highest BCUT2D eigenvalue weighted by molar-refractivity contribution is 7.92. The van der Waals surface area contributed by atoms with E-state index in [-0.39, 0.29) is 10.8 Å². The molecule has 28 heavy (non-hydrogen) atoms. The van der Waals surface area contributed by atoms with Crippen LogP contribution in [0.5, 0.6) is 0 Å². The Hall–Kier alpha value is -2.41. The number of carbonyl (C=O) groups is 1. The van der Waals surface area contributed by atoms with Crippen molar-refractivity contribution >= 4 is 21.6 Å². The third-order valence-corrected chi connectivity index (χ3v) is 6.88. The molecule has 1 amide bonds. The van der Waals surface area contributed by atoms with Gasteiger partial charge in [0, 0.05) is 30.0 Å². The fourth-order valence-corrected chi connectivity index (χ4v) is 4.96. The SMILES string of the molecule is O=C(c1ccc(S(=O)(=O)Nc2ccncc2)cc1)N(C1CCCCC1)C1CC1. The van der Waals surface area contributed by atoms with Crippen molar-refractivity contribution in [3.05, 3.63) is 54.4 Å². The minimum atomic E-state index is -3.70. The van der Waals surface area contributed by atoms with E-state index in [0.29, 0.717) is 23.3 Å². The van der Waals surface area contributed by atoms with Crippen LogP contribution in [0.1, 0.15) is 55.3 Å². The van der Waals surface area contributed by atoms with E-state index in [2.05, 4.69) is 14.6 Å². The van der Waals surface area contributed by atoms with Crippen LogP contribution in [0.2, 0.25) is 0 Å². The first-order valence-corrected chi connectivity index (χ1v) is 11.4. The summed E-state index contributed by atoms with van der Waals surface area (Å²) in [6.07, 6.45) is 11.0. The topological polar surface area (TPSA) is 79.4 Å². The van der Waals surface area contributed by atoms with Crippen molar-refractivity contribution in [2.45, 2.75) is 61.9 Å². The molecule has 1 heterocycles. The van der Waals surface area contributed by atoms with E-state index in [4.69, 9.17) is 0 Å². The number of carbonyl (C=O) groups excluding carboxylic acids is 1. The number of hydrogen-bond acceptors (Lipinski definition) is 4. The smallest absolute Gasteiger partial charge is 0.261 e. The maximum Gasteiger partial charge on any atom is 0.261 e. The molecule has 2 fully saturated rings. The third-order valence-electron chi connectivity index (χ3n) is 5.49. The molecule has 0 radical (unpaired) electrons. The van der Waals surface area contributed by atoms with E-state index < -0.39 is 10.0 Å². The summed E-state index contributed by atoms with van der Waals surface area (Å²) in [6.45, 7) is 0. The minimum Gasteiger partial charge on any atom is -0.333 e. The number of rotatable bonds is 6. The Bertz CT molecular complexity index is 919. The minimum absolute atomic E-state index is 0.0282. The molecule has 0 saturated heterocycles. The quantitative estimate of drug-likeness (QED) is 0.801. The first kappa shape index (κ1) is 18.9. The summed E-state index contributed by atoms with van der Waals surface area (Å²) in [4.78, 5) is 19.2. The molecule has 0 bridgehead atoms. The second-order valence-corrected chi connectivity index (χ2v) is 9.28. The van der Waals surface area contributed by atoms with Gasteiger partial charge in [-0.2, -0.15) is 0 Å². The highest BCUT2D eigenvalue weighted by Crippen LogP contribution is 2.35. The van der Waals surface area contributed by atoms with Crippen molar-refractivity contribution < 1.29 is 13.2 Å². The largest absolute Gasteiger partial charge is 0.333 e. The Morgan fingerprint density at radius 2 is 1.50 bits per heavy atom. The molecule has 2 aromatic rings. The van der Waals surface area contributed by atoms with Crippen LogP contribution in [0.4, 0.5) is 5.69 Å². The van der Waals surface area contributed by atoms with Crippen molar-refractivity contribution in [1.82, 2.24) is 9.88 Å². The lowest BCUT2D eigenvalue weighted by Gasteiger charge is -2.34. The molecule has 7 heteroatoms. The van der Waals surface area contributed by atoms with Gasteiger partial charge in [-0.1, -0.05) is 19.3 Å². The molecule has 2 aliphatic carbocycles. The number of aromatic nitrogens is 1. The molecule has 148 valence electrons.